The van der Waals surface area contributed by atoms with Gasteiger partial charge in [-0.15, -0.1) is 0 Å². The molecule has 0 bridgehead atoms. The van der Waals surface area contributed by atoms with Crippen molar-refractivity contribution in [1.29, 1.82) is 0 Å². The summed E-state index contributed by atoms with van der Waals surface area (Å²) in [6.45, 7) is 0. The molecule has 0 aliphatic carbocycles. The largest absolute Gasteiger partial charge is 0.465 e. The maximum Gasteiger partial charge on any atom is 0.417 e. The third-order valence-corrected chi connectivity index (χ3v) is 2.26. The van der Waals surface area contributed by atoms with E-state index in [9.17, 15) is 18.0 Å². The zero-order valence-electron chi connectivity index (χ0n) is 8.06. The molecule has 1 aromatic rings. The number of hydrogen-bond acceptors (Lipinski definition) is 3. The second-order valence-corrected chi connectivity index (χ2v) is 3.26. The van der Waals surface area contributed by atoms with Gasteiger partial charge in [-0.05, 0) is 12.1 Å². The Labute approximate surface area is 93.9 Å². The first-order valence-corrected chi connectivity index (χ1v) is 4.40. The molecule has 7 heteroatoms. The zero-order valence-corrected chi connectivity index (χ0v) is 8.82. The number of ether oxygens (including phenoxy) is 1. The molecule has 0 radical (unpaired) electrons. The number of hydrogen-bond donors (Lipinski definition) is 1. The van der Waals surface area contributed by atoms with Crippen molar-refractivity contribution < 1.29 is 22.7 Å². The fourth-order valence-corrected chi connectivity index (χ4v) is 1.48. The summed E-state index contributed by atoms with van der Waals surface area (Å²) in [6.07, 6.45) is -4.65. The second-order valence-electron chi connectivity index (χ2n) is 2.88. The molecular weight excluding hydrogens is 247 g/mol. The number of halogens is 4. The van der Waals surface area contributed by atoms with Crippen LogP contribution in [0, 0.1) is 0 Å². The molecule has 0 unspecified atom stereocenters. The smallest absolute Gasteiger partial charge is 0.417 e. The van der Waals surface area contributed by atoms with Crippen LogP contribution in [-0.2, 0) is 10.9 Å². The number of benzene rings is 1. The summed E-state index contributed by atoms with van der Waals surface area (Å²) < 4.78 is 41.6. The van der Waals surface area contributed by atoms with Crippen molar-refractivity contribution in [3.05, 3.63) is 28.3 Å². The Bertz CT molecular complexity index is 431. The van der Waals surface area contributed by atoms with E-state index in [2.05, 4.69) is 4.74 Å². The van der Waals surface area contributed by atoms with E-state index < -0.39 is 28.3 Å². The van der Waals surface area contributed by atoms with Crippen LogP contribution in [0.4, 0.5) is 18.9 Å². The van der Waals surface area contributed by atoms with Gasteiger partial charge in [0.1, 0.15) is 5.56 Å². The Hall–Kier alpha value is -1.43. The van der Waals surface area contributed by atoms with Gasteiger partial charge in [0, 0.05) is 5.69 Å². The van der Waals surface area contributed by atoms with Gasteiger partial charge in [-0.2, -0.15) is 13.2 Å². The minimum absolute atomic E-state index is 0.162. The molecule has 0 aliphatic heterocycles. The fourth-order valence-electron chi connectivity index (χ4n) is 1.12. The molecule has 88 valence electrons. The summed E-state index contributed by atoms with van der Waals surface area (Å²) in [7, 11) is 1.03. The van der Waals surface area contributed by atoms with Crippen LogP contribution in [-0.4, -0.2) is 13.1 Å². The van der Waals surface area contributed by atoms with Gasteiger partial charge in [-0.1, -0.05) is 11.6 Å². The maximum atomic E-state index is 12.5. The number of methoxy groups -OCH3 is 1. The van der Waals surface area contributed by atoms with Crippen LogP contribution >= 0.6 is 11.6 Å². The molecule has 0 aliphatic rings. The molecule has 0 saturated heterocycles. The number of anilines is 1. The van der Waals surface area contributed by atoms with Crippen LogP contribution in [0.25, 0.3) is 0 Å². The molecule has 0 fully saturated rings. The predicted molar refractivity (Wildman–Crippen MR) is 52.2 cm³/mol. The SMILES string of the molecule is COC(=O)c1c(N)ccc(C(F)(F)F)c1Cl. The molecule has 2 N–H and O–H groups in total. The summed E-state index contributed by atoms with van der Waals surface area (Å²) in [5.74, 6) is -1.01. The van der Waals surface area contributed by atoms with Gasteiger partial charge in [0.15, 0.2) is 0 Å². The second kappa shape index (κ2) is 4.21. The molecule has 0 heterocycles. The Morgan fingerprint density at radius 2 is 2.00 bits per heavy atom. The molecule has 0 atom stereocenters. The van der Waals surface area contributed by atoms with Crippen LogP contribution in [0.2, 0.25) is 5.02 Å². The molecule has 0 aromatic heterocycles. The number of nitrogen functional groups attached to an aromatic ring is 1. The summed E-state index contributed by atoms with van der Waals surface area (Å²) in [5, 5.41) is -0.751. The molecule has 1 aromatic carbocycles. The van der Waals surface area contributed by atoms with Gasteiger partial charge in [0.25, 0.3) is 0 Å². The highest BCUT2D eigenvalue weighted by Gasteiger charge is 2.35. The molecule has 16 heavy (non-hydrogen) atoms. The number of carbonyl (C=O) groups excluding carboxylic acids is 1. The van der Waals surface area contributed by atoms with Crippen molar-refractivity contribution in [3.63, 3.8) is 0 Å². The van der Waals surface area contributed by atoms with Crippen molar-refractivity contribution in [2.24, 2.45) is 0 Å². The lowest BCUT2D eigenvalue weighted by Crippen LogP contribution is -2.12. The van der Waals surface area contributed by atoms with Crippen LogP contribution < -0.4 is 5.73 Å². The Morgan fingerprint density at radius 3 is 2.44 bits per heavy atom. The van der Waals surface area contributed by atoms with Gasteiger partial charge in [0.05, 0.1) is 17.7 Å². The monoisotopic (exact) mass is 253 g/mol. The molecular formula is C9H7ClF3NO2. The van der Waals surface area contributed by atoms with Crippen molar-refractivity contribution in [3.8, 4) is 0 Å². The molecule has 3 nitrogen and oxygen atoms in total. The van der Waals surface area contributed by atoms with E-state index >= 15 is 0 Å². The minimum Gasteiger partial charge on any atom is -0.465 e. The number of rotatable bonds is 1. The van der Waals surface area contributed by atoms with E-state index in [1.807, 2.05) is 0 Å². The highest BCUT2D eigenvalue weighted by Crippen LogP contribution is 2.38. The fraction of sp³-hybridized carbons (Fsp3) is 0.222. The first-order chi connectivity index (χ1) is 7.29. The van der Waals surface area contributed by atoms with Gasteiger partial charge in [-0.25, -0.2) is 4.79 Å². The van der Waals surface area contributed by atoms with Gasteiger partial charge < -0.3 is 10.5 Å². The molecule has 0 amide bonds. The lowest BCUT2D eigenvalue weighted by atomic mass is 10.1. The van der Waals surface area contributed by atoms with Crippen molar-refractivity contribution in [2.45, 2.75) is 6.18 Å². The van der Waals surface area contributed by atoms with Crippen molar-refractivity contribution in [1.82, 2.24) is 0 Å². The number of esters is 1. The predicted octanol–water partition coefficient (Wildman–Crippen LogP) is 2.73. The quantitative estimate of drug-likeness (QED) is 0.618. The first kappa shape index (κ1) is 12.6. The minimum atomic E-state index is -4.65. The average molecular weight is 254 g/mol. The number of carbonyl (C=O) groups is 1. The van der Waals surface area contributed by atoms with E-state index in [0.29, 0.717) is 6.07 Å². The number of alkyl halides is 3. The highest BCUT2D eigenvalue weighted by molar-refractivity contribution is 6.35. The normalized spacial score (nSPS) is 11.3. The Kier molecular flexibility index (Phi) is 3.32. The summed E-state index contributed by atoms with van der Waals surface area (Å²) in [5.41, 5.74) is 3.60. The lowest BCUT2D eigenvalue weighted by Gasteiger charge is -2.12. The molecule has 0 saturated carbocycles. The number of nitrogens with two attached hydrogens (primary N) is 1. The topological polar surface area (TPSA) is 52.3 Å². The Balaban J connectivity index is 3.45. The average Bonchev–Trinajstić information content (AvgIpc) is 2.15. The summed E-state index contributed by atoms with van der Waals surface area (Å²) >= 11 is 5.47. The first-order valence-electron chi connectivity index (χ1n) is 4.02. The van der Waals surface area contributed by atoms with Crippen LogP contribution in [0.3, 0.4) is 0 Å². The highest BCUT2D eigenvalue weighted by atomic mass is 35.5. The van der Waals surface area contributed by atoms with Crippen molar-refractivity contribution in [2.75, 3.05) is 12.8 Å². The summed E-state index contributed by atoms with van der Waals surface area (Å²) in [6, 6.07) is 1.67. The van der Waals surface area contributed by atoms with Crippen LogP contribution in [0.5, 0.6) is 0 Å². The van der Waals surface area contributed by atoms with Crippen LogP contribution in [0.1, 0.15) is 15.9 Å². The third kappa shape index (κ3) is 2.21. The standard InChI is InChI=1S/C9H7ClF3NO2/c1-16-8(15)6-5(14)3-2-4(7(6)10)9(11,12)13/h2-3H,14H2,1H3. The zero-order chi connectivity index (χ0) is 12.5. The third-order valence-electron chi connectivity index (χ3n) is 1.87. The van der Waals surface area contributed by atoms with E-state index in [4.69, 9.17) is 17.3 Å². The van der Waals surface area contributed by atoms with Gasteiger partial charge in [-0.3, -0.25) is 0 Å². The maximum absolute atomic E-state index is 12.5. The van der Waals surface area contributed by atoms with Crippen LogP contribution in [0.15, 0.2) is 12.1 Å². The van der Waals surface area contributed by atoms with E-state index in [0.717, 1.165) is 13.2 Å². The van der Waals surface area contributed by atoms with Crippen molar-refractivity contribution >= 4 is 23.3 Å². The van der Waals surface area contributed by atoms with Gasteiger partial charge in [0.2, 0.25) is 0 Å². The lowest BCUT2D eigenvalue weighted by molar-refractivity contribution is -0.137. The molecule has 1 rings (SSSR count). The van der Waals surface area contributed by atoms with Gasteiger partial charge >= 0.3 is 12.1 Å². The molecule has 0 spiro atoms. The van der Waals surface area contributed by atoms with E-state index in [1.54, 1.807) is 0 Å². The van der Waals surface area contributed by atoms with E-state index in [1.165, 1.54) is 0 Å². The van der Waals surface area contributed by atoms with E-state index in [-0.39, 0.29) is 5.69 Å². The Morgan fingerprint density at radius 1 is 1.44 bits per heavy atom. The summed E-state index contributed by atoms with van der Waals surface area (Å²) in [4.78, 5) is 11.2.